The van der Waals surface area contributed by atoms with Gasteiger partial charge in [0.25, 0.3) is 0 Å². The number of nitrogens with zero attached hydrogens (tertiary/aromatic N) is 3. The first-order valence-electron chi connectivity index (χ1n) is 8.90. The lowest BCUT2D eigenvalue weighted by Gasteiger charge is -2.52. The zero-order chi connectivity index (χ0) is 15.4. The molecule has 0 aromatic rings. The predicted octanol–water partition coefficient (Wildman–Crippen LogP) is 2.66. The maximum Gasteiger partial charge on any atom is 0.0227 e. The highest BCUT2D eigenvalue weighted by molar-refractivity contribution is 5.01. The Kier molecular flexibility index (Phi) is 3.91. The highest BCUT2D eigenvalue weighted by Gasteiger charge is 2.45. The first-order valence-corrected chi connectivity index (χ1v) is 8.90. The van der Waals surface area contributed by atoms with Crippen molar-refractivity contribution in [1.82, 2.24) is 14.7 Å². The first kappa shape index (κ1) is 15.8. The fraction of sp³-hybridized carbons (Fsp3) is 1.00. The number of fused-ring (bicyclic) bond motifs is 2. The van der Waals surface area contributed by atoms with Crippen LogP contribution in [0.15, 0.2) is 0 Å². The van der Waals surface area contributed by atoms with Crippen molar-refractivity contribution in [2.24, 2.45) is 5.92 Å². The van der Waals surface area contributed by atoms with E-state index in [1.54, 1.807) is 0 Å². The van der Waals surface area contributed by atoms with Crippen LogP contribution in [-0.2, 0) is 0 Å². The summed E-state index contributed by atoms with van der Waals surface area (Å²) in [4.78, 5) is 8.21. The zero-order valence-corrected chi connectivity index (χ0v) is 15.0. The zero-order valence-electron chi connectivity index (χ0n) is 15.0. The van der Waals surface area contributed by atoms with Gasteiger partial charge in [-0.3, -0.25) is 14.7 Å². The SMILES string of the molecule is CC(C)(C)N1CC(CN2C3CCC2CN(C(C)(C)C)C3)C1. The average molecular weight is 293 g/mol. The smallest absolute Gasteiger partial charge is 0.0227 e. The van der Waals surface area contributed by atoms with Crippen LogP contribution in [0, 0.1) is 5.92 Å². The molecule has 0 aromatic carbocycles. The summed E-state index contributed by atoms with van der Waals surface area (Å²) < 4.78 is 0. The van der Waals surface area contributed by atoms with Crippen LogP contribution in [0.1, 0.15) is 54.4 Å². The maximum atomic E-state index is 2.87. The van der Waals surface area contributed by atoms with E-state index in [2.05, 4.69) is 56.2 Å². The van der Waals surface area contributed by atoms with Gasteiger partial charge in [0.2, 0.25) is 0 Å². The molecule has 3 fully saturated rings. The molecule has 0 saturated carbocycles. The van der Waals surface area contributed by atoms with Crippen LogP contribution in [0.4, 0.5) is 0 Å². The molecule has 0 aromatic heterocycles. The molecule has 0 aliphatic carbocycles. The topological polar surface area (TPSA) is 9.72 Å². The lowest BCUT2D eigenvalue weighted by molar-refractivity contribution is -0.0362. The molecule has 3 aliphatic rings. The van der Waals surface area contributed by atoms with Gasteiger partial charge < -0.3 is 0 Å². The molecule has 3 rings (SSSR count). The molecule has 3 aliphatic heterocycles. The molecule has 3 heterocycles. The molecule has 2 bridgehead atoms. The Morgan fingerprint density at radius 2 is 1.14 bits per heavy atom. The third-order valence-corrected chi connectivity index (χ3v) is 5.96. The van der Waals surface area contributed by atoms with Crippen LogP contribution in [0.3, 0.4) is 0 Å². The number of hydrogen-bond donors (Lipinski definition) is 0. The summed E-state index contributed by atoms with van der Waals surface area (Å²) in [5, 5.41) is 0. The van der Waals surface area contributed by atoms with Gasteiger partial charge in [-0.1, -0.05) is 0 Å². The summed E-state index contributed by atoms with van der Waals surface area (Å²) in [6.07, 6.45) is 2.85. The predicted molar refractivity (Wildman–Crippen MR) is 89.7 cm³/mol. The maximum absolute atomic E-state index is 2.87. The Hall–Kier alpha value is -0.120. The van der Waals surface area contributed by atoms with E-state index < -0.39 is 0 Å². The van der Waals surface area contributed by atoms with Gasteiger partial charge in [-0.25, -0.2) is 0 Å². The quantitative estimate of drug-likeness (QED) is 0.775. The van der Waals surface area contributed by atoms with Crippen LogP contribution in [-0.4, -0.2) is 70.6 Å². The number of hydrogen-bond acceptors (Lipinski definition) is 3. The molecule has 3 saturated heterocycles. The van der Waals surface area contributed by atoms with Crippen molar-refractivity contribution in [3.05, 3.63) is 0 Å². The van der Waals surface area contributed by atoms with Gasteiger partial charge in [-0.15, -0.1) is 0 Å². The van der Waals surface area contributed by atoms with Gasteiger partial charge in [-0.2, -0.15) is 0 Å². The molecular weight excluding hydrogens is 258 g/mol. The highest BCUT2D eigenvalue weighted by atomic mass is 15.4. The van der Waals surface area contributed by atoms with E-state index in [-0.39, 0.29) is 0 Å². The van der Waals surface area contributed by atoms with Gasteiger partial charge in [0.1, 0.15) is 0 Å². The monoisotopic (exact) mass is 293 g/mol. The largest absolute Gasteiger partial charge is 0.298 e. The summed E-state index contributed by atoms with van der Waals surface area (Å²) >= 11 is 0. The molecule has 2 unspecified atom stereocenters. The van der Waals surface area contributed by atoms with Crippen molar-refractivity contribution >= 4 is 0 Å². The van der Waals surface area contributed by atoms with E-state index in [1.807, 2.05) is 0 Å². The van der Waals surface area contributed by atoms with E-state index in [0.717, 1.165) is 18.0 Å². The van der Waals surface area contributed by atoms with Crippen LogP contribution in [0.2, 0.25) is 0 Å². The van der Waals surface area contributed by atoms with Crippen LogP contribution in [0.25, 0.3) is 0 Å². The Morgan fingerprint density at radius 1 is 0.714 bits per heavy atom. The Balaban J connectivity index is 1.53. The normalized spacial score (nSPS) is 33.4. The van der Waals surface area contributed by atoms with Crippen LogP contribution < -0.4 is 0 Å². The van der Waals surface area contributed by atoms with E-state index in [9.17, 15) is 0 Å². The molecule has 21 heavy (non-hydrogen) atoms. The van der Waals surface area contributed by atoms with E-state index >= 15 is 0 Å². The highest BCUT2D eigenvalue weighted by Crippen LogP contribution is 2.35. The van der Waals surface area contributed by atoms with Crippen molar-refractivity contribution in [1.29, 1.82) is 0 Å². The summed E-state index contributed by atoms with van der Waals surface area (Å²) in [5.41, 5.74) is 0.701. The lowest BCUT2D eigenvalue weighted by atomic mass is 9.91. The summed E-state index contributed by atoms with van der Waals surface area (Å²) in [7, 11) is 0. The van der Waals surface area contributed by atoms with Gasteiger partial charge in [0, 0.05) is 55.9 Å². The standard InChI is InChI=1S/C18H35N3/c1-17(2,3)19-9-14(10-19)11-21-15-7-8-16(21)13-20(12-15)18(4,5)6/h14-16H,7-13H2,1-6H3. The minimum Gasteiger partial charge on any atom is -0.298 e. The molecule has 0 N–H and O–H groups in total. The Bertz CT molecular complexity index is 359. The molecular formula is C18H35N3. The molecule has 122 valence electrons. The van der Waals surface area contributed by atoms with Crippen molar-refractivity contribution in [3.63, 3.8) is 0 Å². The van der Waals surface area contributed by atoms with Gasteiger partial charge in [0.05, 0.1) is 0 Å². The number of piperazine rings is 1. The molecule has 3 nitrogen and oxygen atoms in total. The summed E-state index contributed by atoms with van der Waals surface area (Å²) in [6, 6.07) is 1.65. The second-order valence-electron chi connectivity index (χ2n) is 9.60. The minimum absolute atomic E-state index is 0.340. The second-order valence-corrected chi connectivity index (χ2v) is 9.60. The second kappa shape index (κ2) is 5.21. The van der Waals surface area contributed by atoms with Crippen molar-refractivity contribution < 1.29 is 0 Å². The van der Waals surface area contributed by atoms with E-state index in [4.69, 9.17) is 0 Å². The van der Waals surface area contributed by atoms with Crippen LogP contribution in [0.5, 0.6) is 0 Å². The van der Waals surface area contributed by atoms with Gasteiger partial charge >= 0.3 is 0 Å². The van der Waals surface area contributed by atoms with E-state index in [0.29, 0.717) is 11.1 Å². The molecule has 2 atom stereocenters. The molecule has 0 amide bonds. The fourth-order valence-corrected chi connectivity index (χ4v) is 4.37. The number of likely N-dealkylation sites (tertiary alicyclic amines) is 2. The van der Waals surface area contributed by atoms with Crippen LogP contribution >= 0.6 is 0 Å². The average Bonchev–Trinajstić information content (AvgIpc) is 2.51. The summed E-state index contributed by atoms with van der Waals surface area (Å²) in [6.45, 7) is 20.7. The Labute approximate surface area is 131 Å². The third kappa shape index (κ3) is 3.16. The Morgan fingerprint density at radius 3 is 1.57 bits per heavy atom. The third-order valence-electron chi connectivity index (χ3n) is 5.96. The molecule has 0 spiro atoms. The van der Waals surface area contributed by atoms with Gasteiger partial charge in [-0.05, 0) is 60.3 Å². The van der Waals surface area contributed by atoms with Crippen molar-refractivity contribution in [2.75, 3.05) is 32.7 Å². The summed E-state index contributed by atoms with van der Waals surface area (Å²) in [5.74, 6) is 0.911. The minimum atomic E-state index is 0.340. The van der Waals surface area contributed by atoms with E-state index in [1.165, 1.54) is 45.6 Å². The molecule has 3 heteroatoms. The van der Waals surface area contributed by atoms with Crippen molar-refractivity contribution in [3.8, 4) is 0 Å². The lowest BCUT2D eigenvalue weighted by Crippen LogP contribution is -2.63. The number of rotatable bonds is 2. The van der Waals surface area contributed by atoms with Crippen molar-refractivity contribution in [2.45, 2.75) is 77.5 Å². The fourth-order valence-electron chi connectivity index (χ4n) is 4.37. The van der Waals surface area contributed by atoms with Gasteiger partial charge in [0.15, 0.2) is 0 Å². The molecule has 0 radical (unpaired) electrons. The first-order chi connectivity index (χ1) is 9.64.